The topological polar surface area (TPSA) is 72.0 Å². The number of benzene rings is 1. The third-order valence-corrected chi connectivity index (χ3v) is 3.14. The Bertz CT molecular complexity index is 718. The molecule has 0 atom stereocenters. The standard InChI is InChI=1S/C13H17N3O2S/c1-13(2,3)11-9-7-5-6-8-10(9)14-12(15-11)16-19(4,17)18/h5-8H,1-4H3,(H,14,15,16). The molecule has 0 aliphatic carbocycles. The van der Waals surface area contributed by atoms with E-state index in [2.05, 4.69) is 14.7 Å². The molecule has 0 unspecified atom stereocenters. The average Bonchev–Trinajstić information content (AvgIpc) is 2.24. The molecule has 0 bridgehead atoms. The van der Waals surface area contributed by atoms with Crippen LogP contribution < -0.4 is 4.72 Å². The molecule has 1 heterocycles. The van der Waals surface area contributed by atoms with Gasteiger partial charge >= 0.3 is 0 Å². The SMILES string of the molecule is CC(C)(C)c1nc(NS(C)(=O)=O)nc2ccccc12. The van der Waals surface area contributed by atoms with E-state index < -0.39 is 10.0 Å². The van der Waals surface area contributed by atoms with Crippen LogP contribution in [0.5, 0.6) is 0 Å². The number of hydrogen-bond acceptors (Lipinski definition) is 4. The van der Waals surface area contributed by atoms with Crippen molar-refractivity contribution in [2.24, 2.45) is 0 Å². The van der Waals surface area contributed by atoms with E-state index in [4.69, 9.17) is 0 Å². The van der Waals surface area contributed by atoms with Gasteiger partial charge in [0.05, 0.1) is 17.5 Å². The average molecular weight is 279 g/mol. The second-order valence-electron chi connectivity index (χ2n) is 5.54. The predicted molar refractivity (Wildman–Crippen MR) is 76.7 cm³/mol. The Morgan fingerprint density at radius 3 is 2.32 bits per heavy atom. The molecule has 2 rings (SSSR count). The van der Waals surface area contributed by atoms with Crippen molar-refractivity contribution >= 4 is 26.9 Å². The number of sulfonamides is 1. The van der Waals surface area contributed by atoms with Crippen molar-refractivity contribution in [2.75, 3.05) is 11.0 Å². The number of hydrogen-bond donors (Lipinski definition) is 1. The lowest BCUT2D eigenvalue weighted by Gasteiger charge is -2.20. The fraction of sp³-hybridized carbons (Fsp3) is 0.385. The molecule has 1 aromatic heterocycles. The van der Waals surface area contributed by atoms with Crippen molar-refractivity contribution in [3.8, 4) is 0 Å². The van der Waals surface area contributed by atoms with E-state index in [1.165, 1.54) is 0 Å². The summed E-state index contributed by atoms with van der Waals surface area (Å²) < 4.78 is 24.9. The van der Waals surface area contributed by atoms with Gasteiger partial charge in [-0.3, -0.25) is 4.72 Å². The molecule has 19 heavy (non-hydrogen) atoms. The maximum atomic E-state index is 11.3. The van der Waals surface area contributed by atoms with E-state index in [1.54, 1.807) is 0 Å². The van der Waals surface area contributed by atoms with Crippen LogP contribution in [-0.4, -0.2) is 24.6 Å². The van der Waals surface area contributed by atoms with Crippen LogP contribution in [0.3, 0.4) is 0 Å². The Balaban J connectivity index is 2.70. The van der Waals surface area contributed by atoms with Crippen LogP contribution in [0.25, 0.3) is 10.9 Å². The maximum absolute atomic E-state index is 11.3. The minimum Gasteiger partial charge on any atom is -0.251 e. The van der Waals surface area contributed by atoms with Gasteiger partial charge in [-0.05, 0) is 6.07 Å². The lowest BCUT2D eigenvalue weighted by Crippen LogP contribution is -2.18. The molecule has 0 radical (unpaired) electrons. The van der Waals surface area contributed by atoms with Gasteiger partial charge in [-0.15, -0.1) is 0 Å². The quantitative estimate of drug-likeness (QED) is 0.915. The summed E-state index contributed by atoms with van der Waals surface area (Å²) in [7, 11) is -3.38. The molecule has 0 aliphatic rings. The molecule has 0 amide bonds. The third-order valence-electron chi connectivity index (χ3n) is 2.59. The van der Waals surface area contributed by atoms with Crippen molar-refractivity contribution in [1.82, 2.24) is 9.97 Å². The van der Waals surface area contributed by atoms with Gasteiger partial charge in [0.2, 0.25) is 16.0 Å². The highest BCUT2D eigenvalue weighted by atomic mass is 32.2. The van der Waals surface area contributed by atoms with E-state index in [1.807, 2.05) is 45.0 Å². The Hall–Kier alpha value is -1.69. The van der Waals surface area contributed by atoms with E-state index in [0.29, 0.717) is 0 Å². The Morgan fingerprint density at radius 1 is 1.11 bits per heavy atom. The molecular formula is C13H17N3O2S. The number of anilines is 1. The summed E-state index contributed by atoms with van der Waals surface area (Å²) in [6.07, 6.45) is 1.09. The molecule has 5 nitrogen and oxygen atoms in total. The van der Waals surface area contributed by atoms with Crippen LogP contribution in [-0.2, 0) is 15.4 Å². The highest BCUT2D eigenvalue weighted by molar-refractivity contribution is 7.91. The Kier molecular flexibility index (Phi) is 3.22. The zero-order chi connectivity index (χ0) is 14.3. The van der Waals surface area contributed by atoms with Crippen LogP contribution in [0.4, 0.5) is 5.95 Å². The summed E-state index contributed by atoms with van der Waals surface area (Å²) in [6.45, 7) is 6.10. The molecule has 0 saturated carbocycles. The zero-order valence-electron chi connectivity index (χ0n) is 11.4. The molecular weight excluding hydrogens is 262 g/mol. The third kappa shape index (κ3) is 3.20. The van der Waals surface area contributed by atoms with Crippen molar-refractivity contribution in [2.45, 2.75) is 26.2 Å². The lowest BCUT2D eigenvalue weighted by molar-refractivity contribution is 0.574. The summed E-state index contributed by atoms with van der Waals surface area (Å²) in [6, 6.07) is 7.58. The molecule has 0 fully saturated rings. The summed E-state index contributed by atoms with van der Waals surface area (Å²) in [5, 5.41) is 0.939. The first-order valence-electron chi connectivity index (χ1n) is 5.92. The highest BCUT2D eigenvalue weighted by Gasteiger charge is 2.21. The summed E-state index contributed by atoms with van der Waals surface area (Å²) in [5.74, 6) is 0.117. The normalized spacial score (nSPS) is 12.6. The second kappa shape index (κ2) is 4.45. The minimum atomic E-state index is -3.38. The molecule has 1 aromatic carbocycles. The number of fused-ring (bicyclic) bond motifs is 1. The van der Waals surface area contributed by atoms with Crippen LogP contribution in [0.2, 0.25) is 0 Å². The van der Waals surface area contributed by atoms with Crippen molar-refractivity contribution < 1.29 is 8.42 Å². The molecule has 0 spiro atoms. The number of aromatic nitrogens is 2. The molecule has 1 N–H and O–H groups in total. The van der Waals surface area contributed by atoms with E-state index in [0.717, 1.165) is 22.9 Å². The van der Waals surface area contributed by atoms with Gasteiger partial charge in [0.1, 0.15) is 0 Å². The lowest BCUT2D eigenvalue weighted by atomic mass is 9.89. The van der Waals surface area contributed by atoms with Gasteiger partial charge in [0.25, 0.3) is 0 Å². The Labute approximate surface area is 113 Å². The van der Waals surface area contributed by atoms with Gasteiger partial charge in [0, 0.05) is 10.8 Å². The molecule has 6 heteroatoms. The fourth-order valence-corrected chi connectivity index (χ4v) is 2.28. The summed E-state index contributed by atoms with van der Waals surface area (Å²) in [4.78, 5) is 8.59. The fourth-order valence-electron chi connectivity index (χ4n) is 1.86. The Morgan fingerprint density at radius 2 is 1.74 bits per heavy atom. The van der Waals surface area contributed by atoms with Crippen LogP contribution in [0, 0.1) is 0 Å². The maximum Gasteiger partial charge on any atom is 0.237 e. The highest BCUT2D eigenvalue weighted by Crippen LogP contribution is 2.28. The van der Waals surface area contributed by atoms with Crippen molar-refractivity contribution in [3.63, 3.8) is 0 Å². The number of para-hydroxylation sites is 1. The number of rotatable bonds is 2. The monoisotopic (exact) mass is 279 g/mol. The first kappa shape index (κ1) is 13.7. The number of nitrogens with zero attached hydrogens (tertiary/aromatic N) is 2. The van der Waals surface area contributed by atoms with Gasteiger partial charge in [-0.25, -0.2) is 18.4 Å². The van der Waals surface area contributed by atoms with Gasteiger partial charge in [-0.2, -0.15) is 0 Å². The summed E-state index contributed by atoms with van der Waals surface area (Å²) >= 11 is 0. The second-order valence-corrected chi connectivity index (χ2v) is 7.29. The number of nitrogens with one attached hydrogen (secondary N) is 1. The molecule has 0 saturated heterocycles. The smallest absolute Gasteiger partial charge is 0.237 e. The summed E-state index contributed by atoms with van der Waals surface area (Å²) in [5.41, 5.74) is 1.36. The van der Waals surface area contributed by atoms with Crippen molar-refractivity contribution in [3.05, 3.63) is 30.0 Å². The molecule has 102 valence electrons. The zero-order valence-corrected chi connectivity index (χ0v) is 12.2. The first-order chi connectivity index (χ1) is 8.67. The van der Waals surface area contributed by atoms with Crippen molar-refractivity contribution in [1.29, 1.82) is 0 Å². The first-order valence-corrected chi connectivity index (χ1v) is 7.81. The molecule has 0 aliphatic heterocycles. The van der Waals surface area contributed by atoms with E-state index in [9.17, 15) is 8.42 Å². The molecule has 2 aromatic rings. The van der Waals surface area contributed by atoms with Crippen LogP contribution >= 0.6 is 0 Å². The van der Waals surface area contributed by atoms with Gasteiger partial charge in [0.15, 0.2) is 0 Å². The van der Waals surface area contributed by atoms with E-state index in [-0.39, 0.29) is 11.4 Å². The van der Waals surface area contributed by atoms with E-state index >= 15 is 0 Å². The predicted octanol–water partition coefficient (Wildman–Crippen LogP) is 2.30. The largest absolute Gasteiger partial charge is 0.251 e. The van der Waals surface area contributed by atoms with Gasteiger partial charge in [-0.1, -0.05) is 39.0 Å². The van der Waals surface area contributed by atoms with Gasteiger partial charge < -0.3 is 0 Å². The minimum absolute atomic E-state index is 0.117. The van der Waals surface area contributed by atoms with Crippen LogP contribution in [0.15, 0.2) is 24.3 Å². The van der Waals surface area contributed by atoms with Crippen LogP contribution in [0.1, 0.15) is 26.5 Å².